The zero-order chi connectivity index (χ0) is 15.0. The maximum absolute atomic E-state index is 6.31. The van der Waals surface area contributed by atoms with Gasteiger partial charge in [-0.15, -0.1) is 0 Å². The second-order valence-electron chi connectivity index (χ2n) is 5.07. The third kappa shape index (κ3) is 3.00. The number of likely N-dealkylation sites (N-methyl/N-ethyl adjacent to an activating group) is 1. The SMILES string of the molecule is CNCC1Cc2cc(Cl)cc(-c3cc(Cl)ccc3Cl)c2O1. The van der Waals surface area contributed by atoms with E-state index >= 15 is 0 Å². The van der Waals surface area contributed by atoms with E-state index in [-0.39, 0.29) is 6.10 Å². The molecule has 5 heteroatoms. The summed E-state index contributed by atoms with van der Waals surface area (Å²) < 4.78 is 6.06. The first-order valence-corrected chi connectivity index (χ1v) is 7.81. The number of fused-ring (bicyclic) bond motifs is 1. The third-order valence-electron chi connectivity index (χ3n) is 3.51. The molecular weight excluding hydrogens is 329 g/mol. The van der Waals surface area contributed by atoms with Crippen molar-refractivity contribution in [2.75, 3.05) is 13.6 Å². The van der Waals surface area contributed by atoms with Crippen LogP contribution >= 0.6 is 34.8 Å². The van der Waals surface area contributed by atoms with Gasteiger partial charge in [-0.3, -0.25) is 0 Å². The van der Waals surface area contributed by atoms with Gasteiger partial charge in [0.25, 0.3) is 0 Å². The number of rotatable bonds is 3. The molecule has 0 fully saturated rings. The van der Waals surface area contributed by atoms with Crippen molar-refractivity contribution in [3.05, 3.63) is 51.0 Å². The van der Waals surface area contributed by atoms with E-state index in [4.69, 9.17) is 39.5 Å². The second kappa shape index (κ2) is 6.05. The van der Waals surface area contributed by atoms with Gasteiger partial charge in [0.05, 0.1) is 0 Å². The predicted molar refractivity (Wildman–Crippen MR) is 89.0 cm³/mol. The Labute approximate surface area is 139 Å². The summed E-state index contributed by atoms with van der Waals surface area (Å²) in [6, 6.07) is 9.22. The third-order valence-corrected chi connectivity index (χ3v) is 4.30. The Kier molecular flexibility index (Phi) is 4.32. The van der Waals surface area contributed by atoms with Gasteiger partial charge in [-0.05, 0) is 42.9 Å². The van der Waals surface area contributed by atoms with Crippen LogP contribution in [0.5, 0.6) is 5.75 Å². The molecule has 110 valence electrons. The molecule has 1 unspecified atom stereocenters. The molecule has 0 spiro atoms. The zero-order valence-electron chi connectivity index (χ0n) is 11.4. The average Bonchev–Trinajstić information content (AvgIpc) is 2.83. The molecule has 0 amide bonds. The van der Waals surface area contributed by atoms with Gasteiger partial charge in [0.15, 0.2) is 0 Å². The van der Waals surface area contributed by atoms with Crippen LogP contribution in [0.25, 0.3) is 11.1 Å². The maximum atomic E-state index is 6.31. The molecule has 1 aliphatic rings. The smallest absolute Gasteiger partial charge is 0.131 e. The van der Waals surface area contributed by atoms with Crippen LogP contribution in [0.4, 0.5) is 0 Å². The van der Waals surface area contributed by atoms with Crippen molar-refractivity contribution in [3.63, 3.8) is 0 Å². The molecule has 0 radical (unpaired) electrons. The molecule has 2 aromatic rings. The predicted octanol–water partition coefficient (Wildman–Crippen LogP) is 4.84. The highest BCUT2D eigenvalue weighted by Crippen LogP contribution is 2.43. The van der Waals surface area contributed by atoms with E-state index in [9.17, 15) is 0 Å². The monoisotopic (exact) mass is 341 g/mol. The highest BCUT2D eigenvalue weighted by molar-refractivity contribution is 6.35. The second-order valence-corrected chi connectivity index (χ2v) is 6.35. The molecule has 3 rings (SSSR count). The van der Waals surface area contributed by atoms with Crippen LogP contribution in [-0.2, 0) is 6.42 Å². The van der Waals surface area contributed by atoms with Crippen molar-refractivity contribution in [2.45, 2.75) is 12.5 Å². The lowest BCUT2D eigenvalue weighted by atomic mass is 10.0. The topological polar surface area (TPSA) is 21.3 Å². The molecule has 0 aliphatic carbocycles. The molecule has 0 bridgehead atoms. The molecular formula is C16H14Cl3NO. The summed E-state index contributed by atoms with van der Waals surface area (Å²) >= 11 is 18.7. The maximum Gasteiger partial charge on any atom is 0.131 e. The molecule has 1 atom stereocenters. The van der Waals surface area contributed by atoms with Gasteiger partial charge in [0.1, 0.15) is 11.9 Å². The van der Waals surface area contributed by atoms with Crippen LogP contribution in [0.3, 0.4) is 0 Å². The zero-order valence-corrected chi connectivity index (χ0v) is 13.7. The number of halogens is 3. The van der Waals surface area contributed by atoms with Crippen LogP contribution < -0.4 is 10.1 Å². The standard InChI is InChI=1S/C16H14Cl3NO/c1-20-8-12-5-9-4-11(18)7-14(16(9)21-12)13-6-10(17)2-3-15(13)19/h2-4,6-7,12,20H,5,8H2,1H3. The minimum Gasteiger partial charge on any atom is -0.488 e. The van der Waals surface area contributed by atoms with Gasteiger partial charge in [0.2, 0.25) is 0 Å². The number of hydrogen-bond acceptors (Lipinski definition) is 2. The summed E-state index contributed by atoms with van der Waals surface area (Å²) in [6.07, 6.45) is 0.947. The van der Waals surface area contributed by atoms with Crippen molar-refractivity contribution in [1.29, 1.82) is 0 Å². The first-order chi connectivity index (χ1) is 10.1. The summed E-state index contributed by atoms with van der Waals surface area (Å²) in [5, 5.41) is 5.07. The lowest BCUT2D eigenvalue weighted by Crippen LogP contribution is -2.27. The molecule has 0 aromatic heterocycles. The van der Waals surface area contributed by atoms with Crippen LogP contribution in [0.2, 0.25) is 15.1 Å². The van der Waals surface area contributed by atoms with Gasteiger partial charge < -0.3 is 10.1 Å². The van der Waals surface area contributed by atoms with Crippen molar-refractivity contribution < 1.29 is 4.74 Å². The largest absolute Gasteiger partial charge is 0.488 e. The van der Waals surface area contributed by atoms with Crippen LogP contribution in [0, 0.1) is 0 Å². The lowest BCUT2D eigenvalue weighted by molar-refractivity contribution is 0.232. The Morgan fingerprint density at radius 1 is 1.10 bits per heavy atom. The van der Waals surface area contributed by atoms with Crippen LogP contribution in [0.1, 0.15) is 5.56 Å². The van der Waals surface area contributed by atoms with Gasteiger partial charge in [0, 0.05) is 39.2 Å². The Balaban J connectivity index is 2.11. The first kappa shape index (κ1) is 15.0. The number of ether oxygens (including phenoxy) is 1. The van der Waals surface area contributed by atoms with E-state index in [1.165, 1.54) is 0 Å². The van der Waals surface area contributed by atoms with Crippen molar-refractivity contribution >= 4 is 34.8 Å². The molecule has 1 aliphatic heterocycles. The Bertz CT molecular complexity index is 687. The molecule has 2 aromatic carbocycles. The normalized spacial score (nSPS) is 16.7. The summed E-state index contributed by atoms with van der Waals surface area (Å²) in [4.78, 5) is 0. The fraction of sp³-hybridized carbons (Fsp3) is 0.250. The fourth-order valence-electron chi connectivity index (χ4n) is 2.64. The highest BCUT2D eigenvalue weighted by Gasteiger charge is 2.26. The van der Waals surface area contributed by atoms with E-state index in [2.05, 4.69) is 5.32 Å². The first-order valence-electron chi connectivity index (χ1n) is 6.67. The highest BCUT2D eigenvalue weighted by atomic mass is 35.5. The Morgan fingerprint density at radius 3 is 2.62 bits per heavy atom. The minimum absolute atomic E-state index is 0.111. The van der Waals surface area contributed by atoms with Gasteiger partial charge in [-0.1, -0.05) is 34.8 Å². The van der Waals surface area contributed by atoms with Crippen LogP contribution in [-0.4, -0.2) is 19.7 Å². The molecule has 1 N–H and O–H groups in total. The fourth-order valence-corrected chi connectivity index (χ4v) is 3.27. The molecule has 1 heterocycles. The quantitative estimate of drug-likeness (QED) is 0.862. The molecule has 0 saturated heterocycles. The molecule has 21 heavy (non-hydrogen) atoms. The number of benzene rings is 2. The van der Waals surface area contributed by atoms with Gasteiger partial charge in [-0.2, -0.15) is 0 Å². The molecule has 2 nitrogen and oxygen atoms in total. The Morgan fingerprint density at radius 2 is 1.86 bits per heavy atom. The average molecular weight is 343 g/mol. The van der Waals surface area contributed by atoms with E-state index in [0.717, 1.165) is 35.4 Å². The molecule has 0 saturated carbocycles. The minimum atomic E-state index is 0.111. The number of nitrogens with one attached hydrogen (secondary N) is 1. The summed E-state index contributed by atoms with van der Waals surface area (Å²) in [5.74, 6) is 0.851. The van der Waals surface area contributed by atoms with Gasteiger partial charge >= 0.3 is 0 Å². The van der Waals surface area contributed by atoms with Gasteiger partial charge in [-0.25, -0.2) is 0 Å². The number of hydrogen-bond donors (Lipinski definition) is 1. The summed E-state index contributed by atoms with van der Waals surface area (Å²) in [7, 11) is 1.91. The Hall–Kier alpha value is -0.930. The van der Waals surface area contributed by atoms with E-state index in [1.54, 1.807) is 12.1 Å². The summed E-state index contributed by atoms with van der Waals surface area (Å²) in [6.45, 7) is 0.787. The summed E-state index contributed by atoms with van der Waals surface area (Å²) in [5.41, 5.74) is 2.84. The van der Waals surface area contributed by atoms with Crippen molar-refractivity contribution in [1.82, 2.24) is 5.32 Å². The van der Waals surface area contributed by atoms with E-state index in [1.807, 2.05) is 25.2 Å². The van der Waals surface area contributed by atoms with E-state index < -0.39 is 0 Å². The van der Waals surface area contributed by atoms with Crippen LogP contribution in [0.15, 0.2) is 30.3 Å². The van der Waals surface area contributed by atoms with Crippen molar-refractivity contribution in [2.24, 2.45) is 0 Å². The lowest BCUT2D eigenvalue weighted by Gasteiger charge is -2.13. The van der Waals surface area contributed by atoms with Crippen molar-refractivity contribution in [3.8, 4) is 16.9 Å². The van der Waals surface area contributed by atoms with E-state index in [0.29, 0.717) is 15.1 Å².